The van der Waals surface area contributed by atoms with Crippen molar-refractivity contribution in [3.05, 3.63) is 57.8 Å². The maximum absolute atomic E-state index is 12.0. The van der Waals surface area contributed by atoms with Crippen molar-refractivity contribution >= 4 is 35.3 Å². The van der Waals surface area contributed by atoms with Gasteiger partial charge in [0.25, 0.3) is 0 Å². The molecule has 1 atom stereocenters. The molecule has 1 N–H and O–H groups in total. The fraction of sp³-hybridized carbons (Fsp3) is 0.381. The number of carbonyl (C=O) groups is 2. The van der Waals surface area contributed by atoms with E-state index < -0.39 is 23.7 Å². The lowest BCUT2D eigenvalue weighted by molar-refractivity contribution is -0.143. The van der Waals surface area contributed by atoms with Crippen molar-refractivity contribution in [1.82, 2.24) is 10.3 Å². The SMILES string of the molecule is COC(=O)[C@H](Cc1ccc(OCc2c(Cl)cccc2Cl)cn1)NC(=O)OC(C)(C)C. The predicted octanol–water partition coefficient (Wildman–Crippen LogP) is 4.58. The third-order valence-electron chi connectivity index (χ3n) is 3.83. The highest BCUT2D eigenvalue weighted by molar-refractivity contribution is 6.35. The highest BCUT2D eigenvalue weighted by Gasteiger charge is 2.25. The third kappa shape index (κ3) is 7.39. The molecule has 2 aromatic rings. The number of ether oxygens (including phenoxy) is 3. The number of nitrogens with one attached hydrogen (secondary N) is 1. The van der Waals surface area contributed by atoms with Gasteiger partial charge in [0.15, 0.2) is 0 Å². The van der Waals surface area contributed by atoms with Gasteiger partial charge in [0.05, 0.1) is 13.3 Å². The maximum Gasteiger partial charge on any atom is 0.408 e. The zero-order valence-corrected chi connectivity index (χ0v) is 18.7. The summed E-state index contributed by atoms with van der Waals surface area (Å²) in [5.74, 6) is -0.0965. The molecule has 1 aromatic heterocycles. The van der Waals surface area contributed by atoms with Gasteiger partial charge in [-0.25, -0.2) is 9.59 Å². The van der Waals surface area contributed by atoms with Gasteiger partial charge in [-0.15, -0.1) is 0 Å². The van der Waals surface area contributed by atoms with Crippen molar-refractivity contribution < 1.29 is 23.8 Å². The van der Waals surface area contributed by atoms with Crippen LogP contribution in [0.4, 0.5) is 4.79 Å². The quantitative estimate of drug-likeness (QED) is 0.616. The Morgan fingerprint density at radius 1 is 1.13 bits per heavy atom. The summed E-state index contributed by atoms with van der Waals surface area (Å²) in [5.41, 5.74) is 0.550. The number of esters is 1. The van der Waals surface area contributed by atoms with Crippen LogP contribution < -0.4 is 10.1 Å². The van der Waals surface area contributed by atoms with E-state index in [9.17, 15) is 9.59 Å². The third-order valence-corrected chi connectivity index (χ3v) is 4.54. The molecule has 0 aliphatic rings. The van der Waals surface area contributed by atoms with Crippen LogP contribution in [-0.4, -0.2) is 35.8 Å². The lowest BCUT2D eigenvalue weighted by atomic mass is 10.1. The van der Waals surface area contributed by atoms with E-state index in [0.29, 0.717) is 27.1 Å². The highest BCUT2D eigenvalue weighted by atomic mass is 35.5. The molecule has 0 saturated carbocycles. The number of hydrogen-bond donors (Lipinski definition) is 1. The molecule has 1 heterocycles. The zero-order valence-electron chi connectivity index (χ0n) is 17.2. The van der Waals surface area contributed by atoms with Gasteiger partial charge in [0, 0.05) is 27.7 Å². The summed E-state index contributed by atoms with van der Waals surface area (Å²) < 4.78 is 15.6. The topological polar surface area (TPSA) is 86.8 Å². The number of amides is 1. The summed E-state index contributed by atoms with van der Waals surface area (Å²) >= 11 is 12.3. The van der Waals surface area contributed by atoms with E-state index in [1.54, 1.807) is 51.1 Å². The molecule has 0 aliphatic heterocycles. The number of hydrogen-bond acceptors (Lipinski definition) is 6. The molecule has 1 amide bonds. The van der Waals surface area contributed by atoms with Gasteiger partial charge >= 0.3 is 12.1 Å². The van der Waals surface area contributed by atoms with Crippen LogP contribution in [0.2, 0.25) is 10.0 Å². The van der Waals surface area contributed by atoms with Crippen LogP contribution >= 0.6 is 23.2 Å². The van der Waals surface area contributed by atoms with Gasteiger partial charge < -0.3 is 19.5 Å². The fourth-order valence-electron chi connectivity index (χ4n) is 2.44. The first-order chi connectivity index (χ1) is 14.1. The molecule has 0 bridgehead atoms. The Kier molecular flexibility index (Phi) is 8.32. The second-order valence-corrected chi connectivity index (χ2v) is 8.21. The van der Waals surface area contributed by atoms with Crippen LogP contribution in [0.5, 0.6) is 5.75 Å². The fourth-order valence-corrected chi connectivity index (χ4v) is 2.94. The molecule has 0 fully saturated rings. The smallest absolute Gasteiger partial charge is 0.408 e. The molecule has 2 rings (SSSR count). The summed E-state index contributed by atoms with van der Waals surface area (Å²) in [6.07, 6.45) is 0.930. The second kappa shape index (κ2) is 10.5. The van der Waals surface area contributed by atoms with Gasteiger partial charge in [-0.2, -0.15) is 0 Å². The average Bonchev–Trinajstić information content (AvgIpc) is 2.66. The number of rotatable bonds is 7. The van der Waals surface area contributed by atoms with Gasteiger partial charge in [-0.3, -0.25) is 4.98 Å². The van der Waals surface area contributed by atoms with Crippen LogP contribution in [0.25, 0.3) is 0 Å². The van der Waals surface area contributed by atoms with Crippen molar-refractivity contribution in [3.8, 4) is 5.75 Å². The van der Waals surface area contributed by atoms with Gasteiger partial charge in [0.2, 0.25) is 0 Å². The van der Waals surface area contributed by atoms with Crippen molar-refractivity contribution in [2.75, 3.05) is 7.11 Å². The summed E-state index contributed by atoms with van der Waals surface area (Å²) in [7, 11) is 1.25. The number of carbonyl (C=O) groups excluding carboxylic acids is 2. The molecule has 0 spiro atoms. The van der Waals surface area contributed by atoms with E-state index in [1.165, 1.54) is 13.3 Å². The first kappa shape index (κ1) is 23.8. The first-order valence-corrected chi connectivity index (χ1v) is 9.92. The minimum atomic E-state index is -0.939. The minimum absolute atomic E-state index is 0.128. The van der Waals surface area contributed by atoms with Crippen LogP contribution in [0.3, 0.4) is 0 Å². The number of halogens is 2. The van der Waals surface area contributed by atoms with Gasteiger partial charge in [-0.05, 0) is 45.0 Å². The van der Waals surface area contributed by atoms with Gasteiger partial charge in [0.1, 0.15) is 24.0 Å². The molecular weight excluding hydrogens is 431 g/mol. The van der Waals surface area contributed by atoms with E-state index >= 15 is 0 Å². The summed E-state index contributed by atoms with van der Waals surface area (Å²) in [4.78, 5) is 28.3. The van der Waals surface area contributed by atoms with Crippen LogP contribution in [-0.2, 0) is 27.3 Å². The molecule has 30 heavy (non-hydrogen) atoms. The number of pyridine rings is 1. The van der Waals surface area contributed by atoms with E-state index in [1.807, 2.05) is 0 Å². The second-order valence-electron chi connectivity index (χ2n) is 7.40. The summed E-state index contributed by atoms with van der Waals surface area (Å²) in [5, 5.41) is 3.54. The van der Waals surface area contributed by atoms with E-state index in [4.69, 9.17) is 37.4 Å². The van der Waals surface area contributed by atoms with Crippen LogP contribution in [0.1, 0.15) is 32.0 Å². The average molecular weight is 455 g/mol. The Morgan fingerprint density at radius 2 is 1.80 bits per heavy atom. The van der Waals surface area contributed by atoms with Gasteiger partial charge in [-0.1, -0.05) is 29.3 Å². The van der Waals surface area contributed by atoms with E-state index in [-0.39, 0.29) is 13.0 Å². The van der Waals surface area contributed by atoms with Crippen molar-refractivity contribution in [2.24, 2.45) is 0 Å². The summed E-state index contributed by atoms with van der Waals surface area (Å²) in [6, 6.07) is 7.68. The Bertz CT molecular complexity index is 862. The lowest BCUT2D eigenvalue weighted by Crippen LogP contribution is -2.45. The number of aromatic nitrogens is 1. The van der Waals surface area contributed by atoms with Crippen molar-refractivity contribution in [2.45, 2.75) is 45.4 Å². The molecule has 162 valence electrons. The molecule has 0 aliphatic carbocycles. The van der Waals surface area contributed by atoms with Crippen LogP contribution in [0.15, 0.2) is 36.5 Å². The van der Waals surface area contributed by atoms with Crippen LogP contribution in [0, 0.1) is 0 Å². The zero-order chi connectivity index (χ0) is 22.3. The molecule has 0 unspecified atom stereocenters. The summed E-state index contributed by atoms with van der Waals surface area (Å²) in [6.45, 7) is 5.38. The van der Waals surface area contributed by atoms with Crippen molar-refractivity contribution in [1.29, 1.82) is 0 Å². The highest BCUT2D eigenvalue weighted by Crippen LogP contribution is 2.25. The monoisotopic (exact) mass is 454 g/mol. The molecule has 9 heteroatoms. The normalized spacial score (nSPS) is 12.1. The maximum atomic E-state index is 12.0. The predicted molar refractivity (Wildman–Crippen MR) is 114 cm³/mol. The van der Waals surface area contributed by atoms with E-state index in [2.05, 4.69) is 10.3 Å². The molecule has 1 aromatic carbocycles. The number of methoxy groups -OCH3 is 1. The Balaban J connectivity index is 2.01. The number of alkyl carbamates (subject to hydrolysis) is 1. The number of nitrogens with zero attached hydrogens (tertiary/aromatic N) is 1. The Hall–Kier alpha value is -2.51. The Morgan fingerprint density at radius 3 is 2.33 bits per heavy atom. The minimum Gasteiger partial charge on any atom is -0.487 e. The standard InChI is InChI=1S/C21H24Cl2N2O5/c1-21(2,3)30-20(27)25-18(19(26)28-4)10-13-8-9-14(11-24-13)29-12-15-16(22)6-5-7-17(15)23/h5-9,11,18H,10,12H2,1-4H3,(H,25,27)/t18-/m0/s1. The Labute approximate surface area is 185 Å². The van der Waals surface area contributed by atoms with Crippen molar-refractivity contribution in [3.63, 3.8) is 0 Å². The molecule has 7 nitrogen and oxygen atoms in total. The van der Waals surface area contributed by atoms with E-state index in [0.717, 1.165) is 0 Å². The molecular formula is C21H24Cl2N2O5. The largest absolute Gasteiger partial charge is 0.487 e. The lowest BCUT2D eigenvalue weighted by Gasteiger charge is -2.22. The molecule has 0 radical (unpaired) electrons. The first-order valence-electron chi connectivity index (χ1n) is 9.17. The number of benzene rings is 1. The molecule has 0 saturated heterocycles.